The third-order valence-electron chi connectivity index (χ3n) is 5.81. The lowest BCUT2D eigenvalue weighted by atomic mass is 10.1. The van der Waals surface area contributed by atoms with Gasteiger partial charge in [0.25, 0.3) is 0 Å². The fourth-order valence-electron chi connectivity index (χ4n) is 4.10. The molecule has 1 aliphatic rings. The van der Waals surface area contributed by atoms with Gasteiger partial charge < -0.3 is 19.0 Å². The number of aromatic amines is 1. The average molecular weight is 431 g/mol. The number of hydrogen-bond donors (Lipinski definition) is 1. The van der Waals surface area contributed by atoms with E-state index < -0.39 is 11.1 Å². The van der Waals surface area contributed by atoms with Gasteiger partial charge in [0.2, 0.25) is 17.6 Å². The van der Waals surface area contributed by atoms with Gasteiger partial charge in [-0.1, -0.05) is 22.9 Å². The molecule has 4 aromatic rings. The van der Waals surface area contributed by atoms with Gasteiger partial charge in [0.15, 0.2) is 0 Å². The zero-order valence-corrected chi connectivity index (χ0v) is 17.7. The van der Waals surface area contributed by atoms with Gasteiger partial charge in [-0.3, -0.25) is 14.4 Å². The SMILES string of the molecule is CCn1c(=O)c(=O)[nH]c2cc(-c3noc([C@H]4CC(=O)N(c5ccc(C)cc5)C4)n3)ccc21. The van der Waals surface area contributed by atoms with Gasteiger partial charge in [0.1, 0.15) is 0 Å². The number of anilines is 1. The molecule has 5 rings (SSSR count). The Morgan fingerprint density at radius 1 is 1.12 bits per heavy atom. The van der Waals surface area contributed by atoms with E-state index >= 15 is 0 Å². The number of fused-ring (bicyclic) bond motifs is 1. The van der Waals surface area contributed by atoms with E-state index in [0.717, 1.165) is 11.3 Å². The van der Waals surface area contributed by atoms with Crippen LogP contribution in [0.25, 0.3) is 22.4 Å². The lowest BCUT2D eigenvalue weighted by Gasteiger charge is -2.16. The predicted octanol–water partition coefficient (Wildman–Crippen LogP) is 2.59. The van der Waals surface area contributed by atoms with E-state index in [1.165, 1.54) is 4.57 Å². The van der Waals surface area contributed by atoms with Gasteiger partial charge in [0, 0.05) is 30.8 Å². The summed E-state index contributed by atoms with van der Waals surface area (Å²) in [4.78, 5) is 45.4. The topological polar surface area (TPSA) is 114 Å². The largest absolute Gasteiger partial charge is 0.339 e. The van der Waals surface area contributed by atoms with Crippen molar-refractivity contribution < 1.29 is 9.32 Å². The van der Waals surface area contributed by atoms with Crippen molar-refractivity contribution in [1.29, 1.82) is 0 Å². The standard InChI is InChI=1S/C23H21N5O4/c1-3-27-18-9-6-14(10-17(18)24-21(30)23(27)31)20-25-22(32-26-20)15-11-19(29)28(12-15)16-7-4-13(2)5-8-16/h4-10,15H,3,11-12H2,1-2H3,(H,24,30)/t15-/m0/s1. The summed E-state index contributed by atoms with van der Waals surface area (Å²) >= 11 is 0. The van der Waals surface area contributed by atoms with Crippen molar-refractivity contribution >= 4 is 22.6 Å². The summed E-state index contributed by atoms with van der Waals surface area (Å²) in [5.41, 5.74) is 2.50. The second kappa shape index (κ2) is 7.60. The van der Waals surface area contributed by atoms with Crippen LogP contribution < -0.4 is 16.0 Å². The molecule has 0 saturated carbocycles. The molecule has 1 amide bonds. The lowest BCUT2D eigenvalue weighted by Crippen LogP contribution is -2.35. The summed E-state index contributed by atoms with van der Waals surface area (Å²) in [7, 11) is 0. The van der Waals surface area contributed by atoms with Crippen molar-refractivity contribution in [3.8, 4) is 11.4 Å². The maximum atomic E-state index is 12.6. The molecule has 0 bridgehead atoms. The summed E-state index contributed by atoms with van der Waals surface area (Å²) in [6.07, 6.45) is 0.295. The Labute approximate surface area is 182 Å². The van der Waals surface area contributed by atoms with E-state index in [1.54, 1.807) is 23.1 Å². The molecular weight excluding hydrogens is 410 g/mol. The van der Waals surface area contributed by atoms with Gasteiger partial charge in [-0.25, -0.2) is 0 Å². The first-order valence-corrected chi connectivity index (χ1v) is 10.4. The second-order valence-corrected chi connectivity index (χ2v) is 7.93. The monoisotopic (exact) mass is 431 g/mol. The first-order chi connectivity index (χ1) is 15.4. The lowest BCUT2D eigenvalue weighted by molar-refractivity contribution is -0.117. The van der Waals surface area contributed by atoms with Crippen LogP contribution in [-0.2, 0) is 11.3 Å². The molecule has 1 aliphatic heterocycles. The molecule has 1 atom stereocenters. The minimum Gasteiger partial charge on any atom is -0.339 e. The number of carbonyl (C=O) groups is 1. The molecule has 9 heteroatoms. The molecule has 0 aliphatic carbocycles. The normalized spacial score (nSPS) is 16.2. The molecule has 0 spiro atoms. The number of rotatable bonds is 4. The van der Waals surface area contributed by atoms with E-state index in [1.807, 2.05) is 38.1 Å². The van der Waals surface area contributed by atoms with Gasteiger partial charge in [0.05, 0.1) is 17.0 Å². The fraction of sp³-hybridized carbons (Fsp3) is 0.261. The number of nitrogens with zero attached hydrogens (tertiary/aromatic N) is 4. The summed E-state index contributed by atoms with van der Waals surface area (Å²) < 4.78 is 6.91. The number of aryl methyl sites for hydroxylation is 2. The van der Waals surface area contributed by atoms with E-state index in [0.29, 0.717) is 47.8 Å². The fourth-order valence-corrected chi connectivity index (χ4v) is 4.10. The van der Waals surface area contributed by atoms with Crippen LogP contribution in [0.3, 0.4) is 0 Å². The zero-order valence-electron chi connectivity index (χ0n) is 17.7. The van der Waals surface area contributed by atoms with Crippen LogP contribution in [0.15, 0.2) is 56.6 Å². The minimum atomic E-state index is -0.675. The Hall–Kier alpha value is -4.01. The van der Waals surface area contributed by atoms with Crippen molar-refractivity contribution in [1.82, 2.24) is 19.7 Å². The number of aromatic nitrogens is 4. The van der Waals surface area contributed by atoms with Crippen LogP contribution in [0.2, 0.25) is 0 Å². The molecule has 9 nitrogen and oxygen atoms in total. The number of benzene rings is 2. The van der Waals surface area contributed by atoms with Crippen molar-refractivity contribution in [2.24, 2.45) is 0 Å². The molecular formula is C23H21N5O4. The van der Waals surface area contributed by atoms with Crippen molar-refractivity contribution in [3.63, 3.8) is 0 Å². The Bertz CT molecular complexity index is 1450. The van der Waals surface area contributed by atoms with E-state index in [9.17, 15) is 14.4 Å². The van der Waals surface area contributed by atoms with E-state index in [-0.39, 0.29) is 11.8 Å². The molecule has 3 heterocycles. The molecule has 2 aromatic carbocycles. The van der Waals surface area contributed by atoms with Crippen molar-refractivity contribution in [2.45, 2.75) is 32.7 Å². The highest BCUT2D eigenvalue weighted by molar-refractivity contribution is 5.96. The molecule has 0 unspecified atom stereocenters. The third kappa shape index (κ3) is 3.31. The van der Waals surface area contributed by atoms with Gasteiger partial charge >= 0.3 is 11.1 Å². The van der Waals surface area contributed by atoms with E-state index in [2.05, 4.69) is 15.1 Å². The Morgan fingerprint density at radius 3 is 2.66 bits per heavy atom. The molecule has 32 heavy (non-hydrogen) atoms. The third-order valence-corrected chi connectivity index (χ3v) is 5.81. The van der Waals surface area contributed by atoms with Crippen LogP contribution in [0, 0.1) is 6.92 Å². The molecule has 1 saturated heterocycles. The van der Waals surface area contributed by atoms with Crippen LogP contribution in [0.4, 0.5) is 5.69 Å². The quantitative estimate of drug-likeness (QED) is 0.497. The van der Waals surface area contributed by atoms with Gasteiger partial charge in [-0.15, -0.1) is 0 Å². The summed E-state index contributed by atoms with van der Waals surface area (Å²) in [6.45, 7) is 4.67. The highest BCUT2D eigenvalue weighted by atomic mass is 16.5. The number of nitrogens with one attached hydrogen (secondary N) is 1. The number of carbonyl (C=O) groups excluding carboxylic acids is 1. The maximum Gasteiger partial charge on any atom is 0.316 e. The molecule has 0 radical (unpaired) electrons. The van der Waals surface area contributed by atoms with Crippen LogP contribution in [0.1, 0.15) is 30.7 Å². The summed E-state index contributed by atoms with van der Waals surface area (Å²) in [6, 6.07) is 13.1. The second-order valence-electron chi connectivity index (χ2n) is 7.93. The Kier molecular flexibility index (Phi) is 4.73. The molecule has 1 N–H and O–H groups in total. The first-order valence-electron chi connectivity index (χ1n) is 10.4. The number of H-pyrrole nitrogens is 1. The molecule has 1 fully saturated rings. The smallest absolute Gasteiger partial charge is 0.316 e. The predicted molar refractivity (Wildman–Crippen MR) is 119 cm³/mol. The first kappa shape index (κ1) is 19.9. The average Bonchev–Trinajstić information content (AvgIpc) is 3.42. The highest BCUT2D eigenvalue weighted by Gasteiger charge is 2.35. The van der Waals surface area contributed by atoms with Crippen molar-refractivity contribution in [3.05, 3.63) is 74.6 Å². The highest BCUT2D eigenvalue weighted by Crippen LogP contribution is 2.32. The number of hydrogen-bond acceptors (Lipinski definition) is 6. The summed E-state index contributed by atoms with van der Waals surface area (Å²) in [5, 5.41) is 4.08. The van der Waals surface area contributed by atoms with Crippen molar-refractivity contribution in [2.75, 3.05) is 11.4 Å². The molecule has 162 valence electrons. The van der Waals surface area contributed by atoms with E-state index in [4.69, 9.17) is 4.52 Å². The number of amides is 1. The molecule has 2 aromatic heterocycles. The van der Waals surface area contributed by atoms with Crippen LogP contribution in [0.5, 0.6) is 0 Å². The van der Waals surface area contributed by atoms with Crippen LogP contribution in [-0.4, -0.2) is 32.1 Å². The summed E-state index contributed by atoms with van der Waals surface area (Å²) in [5.74, 6) is 0.573. The van der Waals surface area contributed by atoms with Crippen LogP contribution >= 0.6 is 0 Å². The van der Waals surface area contributed by atoms with Gasteiger partial charge in [-0.2, -0.15) is 4.98 Å². The van der Waals surface area contributed by atoms with Gasteiger partial charge in [-0.05, 0) is 44.2 Å². The maximum absolute atomic E-state index is 12.6. The minimum absolute atomic E-state index is 0.0134. The Balaban J connectivity index is 1.44. The Morgan fingerprint density at radius 2 is 1.91 bits per heavy atom. The zero-order chi connectivity index (χ0) is 22.4.